The molecule has 1 saturated heterocycles. The highest BCUT2D eigenvalue weighted by Crippen LogP contribution is 2.31. The summed E-state index contributed by atoms with van der Waals surface area (Å²) >= 11 is 6.16. The van der Waals surface area contributed by atoms with Gasteiger partial charge in [-0.1, -0.05) is 11.6 Å². The van der Waals surface area contributed by atoms with Gasteiger partial charge in [-0.2, -0.15) is 0 Å². The second-order valence-corrected chi connectivity index (χ2v) is 7.61. The lowest BCUT2D eigenvalue weighted by atomic mass is 10.2. The molecule has 0 atom stereocenters. The van der Waals surface area contributed by atoms with E-state index in [1.807, 2.05) is 18.2 Å². The van der Waals surface area contributed by atoms with Gasteiger partial charge in [0, 0.05) is 50.5 Å². The van der Waals surface area contributed by atoms with Crippen molar-refractivity contribution in [2.24, 2.45) is 0 Å². The van der Waals surface area contributed by atoms with Crippen LogP contribution in [-0.2, 0) is 0 Å². The lowest BCUT2D eigenvalue weighted by Gasteiger charge is -2.36. The number of rotatable bonds is 10. The molecule has 9 nitrogen and oxygen atoms in total. The van der Waals surface area contributed by atoms with Crippen LogP contribution in [0, 0.1) is 0 Å². The Hall–Kier alpha value is -2.62. The SMILES string of the molecule is COc1ccc(Cl)cc1N1CCN(CCCNc2nccc(C(=O)NCCO)n2)CC1. The number of hydrogen-bond donors (Lipinski definition) is 3. The molecule has 1 aliphatic heterocycles. The van der Waals surface area contributed by atoms with Gasteiger partial charge in [0.1, 0.15) is 11.4 Å². The van der Waals surface area contributed by atoms with Gasteiger partial charge < -0.3 is 25.4 Å². The Morgan fingerprint density at radius 2 is 2.03 bits per heavy atom. The molecule has 1 amide bonds. The van der Waals surface area contributed by atoms with E-state index >= 15 is 0 Å². The number of carbonyl (C=O) groups is 1. The molecule has 3 N–H and O–H groups in total. The fraction of sp³-hybridized carbons (Fsp3) is 0.476. The molecule has 1 aliphatic rings. The highest BCUT2D eigenvalue weighted by Gasteiger charge is 2.19. The van der Waals surface area contributed by atoms with E-state index < -0.39 is 0 Å². The summed E-state index contributed by atoms with van der Waals surface area (Å²) in [5.74, 6) is 0.942. The zero-order chi connectivity index (χ0) is 22.1. The molecule has 1 aromatic carbocycles. The van der Waals surface area contributed by atoms with Gasteiger partial charge in [-0.3, -0.25) is 9.69 Å². The van der Waals surface area contributed by atoms with E-state index in [0.29, 0.717) is 17.5 Å². The number of ether oxygens (including phenoxy) is 1. The molecule has 0 radical (unpaired) electrons. The van der Waals surface area contributed by atoms with Gasteiger partial charge in [0.2, 0.25) is 5.95 Å². The lowest BCUT2D eigenvalue weighted by molar-refractivity contribution is 0.0939. The molecule has 2 aromatic rings. The first-order chi connectivity index (χ1) is 15.1. The highest BCUT2D eigenvalue weighted by molar-refractivity contribution is 6.30. The number of anilines is 2. The lowest BCUT2D eigenvalue weighted by Crippen LogP contribution is -2.47. The summed E-state index contributed by atoms with van der Waals surface area (Å²) in [5.41, 5.74) is 1.31. The Labute approximate surface area is 187 Å². The van der Waals surface area contributed by atoms with E-state index in [2.05, 4.69) is 30.4 Å². The molecule has 31 heavy (non-hydrogen) atoms. The number of aromatic nitrogens is 2. The topological polar surface area (TPSA) is 103 Å². The number of methoxy groups -OCH3 is 1. The van der Waals surface area contributed by atoms with Crippen LogP contribution in [0.25, 0.3) is 0 Å². The number of aliphatic hydroxyl groups excluding tert-OH is 1. The van der Waals surface area contributed by atoms with Crippen LogP contribution in [0.15, 0.2) is 30.5 Å². The van der Waals surface area contributed by atoms with Gasteiger partial charge in [-0.15, -0.1) is 0 Å². The Morgan fingerprint density at radius 3 is 2.77 bits per heavy atom. The van der Waals surface area contributed by atoms with Crippen molar-refractivity contribution in [2.45, 2.75) is 6.42 Å². The maximum atomic E-state index is 11.9. The van der Waals surface area contributed by atoms with Crippen molar-refractivity contribution in [3.8, 4) is 5.75 Å². The molecular formula is C21H29ClN6O3. The van der Waals surface area contributed by atoms with Crippen molar-refractivity contribution >= 4 is 29.1 Å². The summed E-state index contributed by atoms with van der Waals surface area (Å²) in [5, 5.41) is 15.3. The van der Waals surface area contributed by atoms with Gasteiger partial charge in [0.05, 0.1) is 19.4 Å². The first kappa shape index (κ1) is 23.1. The minimum absolute atomic E-state index is 0.108. The Balaban J connectivity index is 1.40. The number of halogens is 1. The summed E-state index contributed by atoms with van der Waals surface area (Å²) in [6, 6.07) is 7.25. The summed E-state index contributed by atoms with van der Waals surface area (Å²) in [4.78, 5) is 25.0. The molecule has 168 valence electrons. The molecule has 0 spiro atoms. The molecule has 0 unspecified atom stereocenters. The van der Waals surface area contributed by atoms with Crippen molar-refractivity contribution in [2.75, 3.05) is 69.7 Å². The second-order valence-electron chi connectivity index (χ2n) is 7.17. The average molecular weight is 449 g/mol. The number of piperazine rings is 1. The van der Waals surface area contributed by atoms with Crippen LogP contribution in [0.5, 0.6) is 5.75 Å². The van der Waals surface area contributed by atoms with Crippen LogP contribution < -0.4 is 20.3 Å². The van der Waals surface area contributed by atoms with Crippen molar-refractivity contribution in [1.29, 1.82) is 0 Å². The Morgan fingerprint density at radius 1 is 1.23 bits per heavy atom. The molecule has 0 aliphatic carbocycles. The van der Waals surface area contributed by atoms with E-state index in [4.69, 9.17) is 21.4 Å². The zero-order valence-electron chi connectivity index (χ0n) is 17.7. The van der Waals surface area contributed by atoms with Crippen molar-refractivity contribution in [1.82, 2.24) is 20.2 Å². The fourth-order valence-corrected chi connectivity index (χ4v) is 3.62. The molecule has 10 heteroatoms. The van der Waals surface area contributed by atoms with E-state index in [9.17, 15) is 4.79 Å². The number of nitrogens with zero attached hydrogens (tertiary/aromatic N) is 4. The average Bonchev–Trinajstić information content (AvgIpc) is 2.81. The largest absolute Gasteiger partial charge is 0.495 e. The summed E-state index contributed by atoms with van der Waals surface area (Å²) < 4.78 is 5.47. The minimum atomic E-state index is -0.325. The monoisotopic (exact) mass is 448 g/mol. The van der Waals surface area contributed by atoms with E-state index in [0.717, 1.165) is 50.6 Å². The first-order valence-corrected chi connectivity index (χ1v) is 10.8. The molecule has 1 aromatic heterocycles. The third kappa shape index (κ3) is 6.68. The predicted octanol–water partition coefficient (Wildman–Crippen LogP) is 1.48. The fourth-order valence-electron chi connectivity index (χ4n) is 3.46. The summed E-state index contributed by atoms with van der Waals surface area (Å²) in [6.07, 6.45) is 2.48. The molecule has 1 fully saturated rings. The molecular weight excluding hydrogens is 420 g/mol. The van der Waals surface area contributed by atoms with Crippen LogP contribution in [0.3, 0.4) is 0 Å². The standard InChI is InChI=1S/C21H29ClN6O3/c1-31-19-4-3-16(22)15-18(19)28-12-10-27(11-13-28)9-2-6-24-21-25-7-5-17(26-21)20(30)23-8-14-29/h3-5,7,15,29H,2,6,8-14H2,1H3,(H,23,30)(H,24,25,26). The number of hydrogen-bond acceptors (Lipinski definition) is 8. The third-order valence-electron chi connectivity index (χ3n) is 5.07. The minimum Gasteiger partial charge on any atom is -0.495 e. The third-order valence-corrected chi connectivity index (χ3v) is 5.31. The first-order valence-electron chi connectivity index (χ1n) is 10.4. The van der Waals surface area contributed by atoms with Crippen LogP contribution in [0.4, 0.5) is 11.6 Å². The van der Waals surface area contributed by atoms with E-state index in [1.165, 1.54) is 0 Å². The molecule has 0 saturated carbocycles. The second kappa shape index (κ2) is 11.7. The van der Waals surface area contributed by atoms with Crippen LogP contribution in [-0.4, -0.2) is 85.4 Å². The van der Waals surface area contributed by atoms with Crippen LogP contribution in [0.1, 0.15) is 16.9 Å². The molecule has 2 heterocycles. The summed E-state index contributed by atoms with van der Waals surface area (Å²) in [7, 11) is 1.68. The number of nitrogens with one attached hydrogen (secondary N) is 2. The quantitative estimate of drug-likeness (QED) is 0.470. The van der Waals surface area contributed by atoms with Gasteiger partial charge in [-0.25, -0.2) is 9.97 Å². The Kier molecular flexibility index (Phi) is 8.69. The molecule has 0 bridgehead atoms. The van der Waals surface area contributed by atoms with Gasteiger partial charge in [0.15, 0.2) is 0 Å². The number of carbonyl (C=O) groups excluding carboxylic acids is 1. The predicted molar refractivity (Wildman–Crippen MR) is 121 cm³/mol. The number of benzene rings is 1. The molecule has 3 rings (SSSR count). The zero-order valence-corrected chi connectivity index (χ0v) is 18.4. The smallest absolute Gasteiger partial charge is 0.270 e. The van der Waals surface area contributed by atoms with Crippen LogP contribution in [0.2, 0.25) is 5.02 Å². The highest BCUT2D eigenvalue weighted by atomic mass is 35.5. The Bertz CT molecular complexity index is 861. The van der Waals surface area contributed by atoms with Crippen LogP contribution >= 0.6 is 11.6 Å². The summed E-state index contributed by atoms with van der Waals surface area (Å²) in [6.45, 7) is 5.52. The van der Waals surface area contributed by atoms with Gasteiger partial charge >= 0.3 is 0 Å². The number of aliphatic hydroxyl groups is 1. The maximum absolute atomic E-state index is 11.9. The maximum Gasteiger partial charge on any atom is 0.270 e. The van der Waals surface area contributed by atoms with E-state index in [-0.39, 0.29) is 24.8 Å². The van der Waals surface area contributed by atoms with Gasteiger partial charge in [0.25, 0.3) is 5.91 Å². The number of amides is 1. The van der Waals surface area contributed by atoms with E-state index in [1.54, 1.807) is 19.4 Å². The normalized spacial score (nSPS) is 14.4. The van der Waals surface area contributed by atoms with Gasteiger partial charge in [-0.05, 0) is 37.2 Å². The van der Waals surface area contributed by atoms with Crippen molar-refractivity contribution in [3.63, 3.8) is 0 Å². The van der Waals surface area contributed by atoms with Crippen molar-refractivity contribution in [3.05, 3.63) is 41.2 Å². The van der Waals surface area contributed by atoms with Crippen molar-refractivity contribution < 1.29 is 14.6 Å².